The normalized spacial score (nSPS) is 13.0. The van der Waals surface area contributed by atoms with Gasteiger partial charge in [0.15, 0.2) is 6.10 Å². The third kappa shape index (κ3) is 4.22. The van der Waals surface area contributed by atoms with Crippen LogP contribution in [0.5, 0.6) is 0 Å². The SMILES string of the molecule is C=CC(O/N=C/c1ccccc1)c1ccc(C(F)(F)F)cc1. The summed E-state index contributed by atoms with van der Waals surface area (Å²) in [6.07, 6.45) is -1.96. The van der Waals surface area contributed by atoms with Gasteiger partial charge in [-0.2, -0.15) is 13.2 Å². The van der Waals surface area contributed by atoms with Crippen molar-refractivity contribution in [2.45, 2.75) is 12.3 Å². The molecule has 0 heterocycles. The average molecular weight is 305 g/mol. The molecule has 2 rings (SSSR count). The maximum absolute atomic E-state index is 12.5. The quantitative estimate of drug-likeness (QED) is 0.433. The minimum Gasteiger partial charge on any atom is -0.383 e. The third-order valence-electron chi connectivity index (χ3n) is 2.96. The average Bonchev–Trinajstić information content (AvgIpc) is 2.52. The molecule has 2 aromatic rings. The van der Waals surface area contributed by atoms with Gasteiger partial charge in [-0.15, -0.1) is 0 Å². The second-order valence-corrected chi connectivity index (χ2v) is 4.53. The van der Waals surface area contributed by atoms with Crippen molar-refractivity contribution in [3.63, 3.8) is 0 Å². The van der Waals surface area contributed by atoms with E-state index in [0.717, 1.165) is 17.7 Å². The van der Waals surface area contributed by atoms with Gasteiger partial charge < -0.3 is 4.84 Å². The standard InChI is InChI=1S/C17H14F3NO/c1-2-16(22-21-12-13-6-4-3-5-7-13)14-8-10-15(11-9-14)17(18,19)20/h2-12,16H,1H2/b21-12+. The van der Waals surface area contributed by atoms with Crippen molar-refractivity contribution in [1.29, 1.82) is 0 Å². The third-order valence-corrected chi connectivity index (χ3v) is 2.96. The summed E-state index contributed by atoms with van der Waals surface area (Å²) in [5, 5.41) is 3.84. The first-order valence-electron chi connectivity index (χ1n) is 6.54. The molecule has 2 nitrogen and oxygen atoms in total. The van der Waals surface area contributed by atoms with Gasteiger partial charge in [-0.1, -0.05) is 54.2 Å². The molecule has 0 saturated carbocycles. The molecule has 0 radical (unpaired) electrons. The van der Waals surface area contributed by atoms with E-state index in [4.69, 9.17) is 4.84 Å². The number of benzene rings is 2. The fourth-order valence-corrected chi connectivity index (χ4v) is 1.80. The lowest BCUT2D eigenvalue weighted by molar-refractivity contribution is -0.137. The van der Waals surface area contributed by atoms with Crippen molar-refractivity contribution < 1.29 is 18.0 Å². The Morgan fingerprint density at radius 2 is 1.64 bits per heavy atom. The zero-order chi connectivity index (χ0) is 16.0. The van der Waals surface area contributed by atoms with Gasteiger partial charge in [0.1, 0.15) is 0 Å². The van der Waals surface area contributed by atoms with Crippen LogP contribution in [-0.2, 0) is 11.0 Å². The van der Waals surface area contributed by atoms with Gasteiger partial charge in [0.2, 0.25) is 0 Å². The number of nitrogens with zero attached hydrogens (tertiary/aromatic N) is 1. The van der Waals surface area contributed by atoms with Gasteiger partial charge >= 0.3 is 6.18 Å². The number of hydrogen-bond donors (Lipinski definition) is 0. The molecule has 0 bridgehead atoms. The monoisotopic (exact) mass is 305 g/mol. The highest BCUT2D eigenvalue weighted by Gasteiger charge is 2.30. The van der Waals surface area contributed by atoms with E-state index in [-0.39, 0.29) is 0 Å². The molecule has 0 aromatic heterocycles. The smallest absolute Gasteiger partial charge is 0.383 e. The molecular formula is C17H14F3NO. The van der Waals surface area contributed by atoms with Crippen LogP contribution in [0.1, 0.15) is 22.8 Å². The molecule has 0 aliphatic rings. The highest BCUT2D eigenvalue weighted by molar-refractivity contribution is 5.78. The Labute approximate surface area is 126 Å². The van der Waals surface area contributed by atoms with E-state index in [1.165, 1.54) is 24.4 Å². The number of rotatable bonds is 5. The van der Waals surface area contributed by atoms with Crippen LogP contribution in [0.3, 0.4) is 0 Å². The molecule has 0 N–H and O–H groups in total. The van der Waals surface area contributed by atoms with Gasteiger partial charge in [0, 0.05) is 0 Å². The van der Waals surface area contributed by atoms with Crippen LogP contribution in [-0.4, -0.2) is 6.21 Å². The van der Waals surface area contributed by atoms with Crippen LogP contribution in [0, 0.1) is 0 Å². The number of alkyl halides is 3. The highest BCUT2D eigenvalue weighted by atomic mass is 19.4. The first-order valence-corrected chi connectivity index (χ1v) is 6.54. The predicted molar refractivity (Wildman–Crippen MR) is 79.5 cm³/mol. The van der Waals surface area contributed by atoms with Gasteiger partial charge in [-0.25, -0.2) is 0 Å². The summed E-state index contributed by atoms with van der Waals surface area (Å²) >= 11 is 0. The molecule has 0 fully saturated rings. The van der Waals surface area contributed by atoms with Crippen molar-refractivity contribution in [3.8, 4) is 0 Å². The van der Waals surface area contributed by atoms with Crippen molar-refractivity contribution >= 4 is 6.21 Å². The molecule has 22 heavy (non-hydrogen) atoms. The van der Waals surface area contributed by atoms with Crippen molar-refractivity contribution in [2.24, 2.45) is 5.16 Å². The first-order chi connectivity index (χ1) is 10.5. The lowest BCUT2D eigenvalue weighted by Crippen LogP contribution is -2.05. The van der Waals surface area contributed by atoms with Crippen LogP contribution in [0.15, 0.2) is 72.4 Å². The van der Waals surface area contributed by atoms with E-state index in [1.54, 1.807) is 0 Å². The maximum atomic E-state index is 12.5. The topological polar surface area (TPSA) is 21.6 Å². The van der Waals surface area contributed by atoms with Crippen LogP contribution in [0.4, 0.5) is 13.2 Å². The van der Waals surface area contributed by atoms with Gasteiger partial charge in [-0.05, 0) is 29.3 Å². The summed E-state index contributed by atoms with van der Waals surface area (Å²) in [7, 11) is 0. The molecule has 2 aromatic carbocycles. The molecule has 0 spiro atoms. The number of halogens is 3. The zero-order valence-corrected chi connectivity index (χ0v) is 11.6. The summed E-state index contributed by atoms with van der Waals surface area (Å²) in [6.45, 7) is 3.61. The number of oxime groups is 1. The van der Waals surface area contributed by atoms with Gasteiger partial charge in [0.25, 0.3) is 0 Å². The summed E-state index contributed by atoms with van der Waals surface area (Å²) in [5.41, 5.74) is 0.706. The predicted octanol–water partition coefficient (Wildman–Crippen LogP) is 4.98. The van der Waals surface area contributed by atoms with Gasteiger partial charge in [-0.3, -0.25) is 0 Å². The molecular weight excluding hydrogens is 291 g/mol. The minimum atomic E-state index is -4.35. The van der Waals surface area contributed by atoms with Crippen LogP contribution in [0.25, 0.3) is 0 Å². The Morgan fingerprint density at radius 3 is 2.18 bits per heavy atom. The molecule has 0 saturated heterocycles. The van der Waals surface area contributed by atoms with Crippen molar-refractivity contribution in [1.82, 2.24) is 0 Å². The Kier molecular flexibility index (Phi) is 4.99. The van der Waals surface area contributed by atoms with E-state index in [0.29, 0.717) is 5.56 Å². The lowest BCUT2D eigenvalue weighted by Gasteiger charge is -2.12. The summed E-state index contributed by atoms with van der Waals surface area (Å²) in [6, 6.07) is 14.0. The summed E-state index contributed by atoms with van der Waals surface area (Å²) in [5.74, 6) is 0. The Balaban J connectivity index is 2.05. The zero-order valence-electron chi connectivity index (χ0n) is 11.6. The Hall–Kier alpha value is -2.56. The second-order valence-electron chi connectivity index (χ2n) is 4.53. The number of hydrogen-bond acceptors (Lipinski definition) is 2. The molecule has 0 aliphatic heterocycles. The maximum Gasteiger partial charge on any atom is 0.416 e. The van der Waals surface area contributed by atoms with Crippen molar-refractivity contribution in [3.05, 3.63) is 83.9 Å². The van der Waals surface area contributed by atoms with Crippen molar-refractivity contribution in [2.75, 3.05) is 0 Å². The van der Waals surface area contributed by atoms with E-state index >= 15 is 0 Å². The van der Waals surface area contributed by atoms with Gasteiger partial charge in [0.05, 0.1) is 11.8 Å². The fourth-order valence-electron chi connectivity index (χ4n) is 1.80. The van der Waals surface area contributed by atoms with E-state index in [9.17, 15) is 13.2 Å². The van der Waals surface area contributed by atoms with Crippen LogP contribution < -0.4 is 0 Å². The largest absolute Gasteiger partial charge is 0.416 e. The lowest BCUT2D eigenvalue weighted by atomic mass is 10.1. The Bertz CT molecular complexity index is 633. The van der Waals surface area contributed by atoms with E-state index < -0.39 is 17.8 Å². The first kappa shape index (κ1) is 15.8. The van der Waals surface area contributed by atoms with Crippen LogP contribution >= 0.6 is 0 Å². The van der Waals surface area contributed by atoms with E-state index in [2.05, 4.69) is 11.7 Å². The molecule has 5 heteroatoms. The Morgan fingerprint density at radius 1 is 1.00 bits per heavy atom. The fraction of sp³-hybridized carbons (Fsp3) is 0.118. The van der Waals surface area contributed by atoms with E-state index in [1.807, 2.05) is 30.3 Å². The molecule has 0 aliphatic carbocycles. The summed E-state index contributed by atoms with van der Waals surface area (Å²) in [4.78, 5) is 5.28. The molecule has 1 atom stereocenters. The summed E-state index contributed by atoms with van der Waals surface area (Å²) < 4.78 is 37.6. The molecule has 0 amide bonds. The highest BCUT2D eigenvalue weighted by Crippen LogP contribution is 2.30. The molecule has 114 valence electrons. The second kappa shape index (κ2) is 6.93. The minimum absolute atomic E-state index is 0.549. The van der Waals surface area contributed by atoms with Crippen LogP contribution in [0.2, 0.25) is 0 Å². The molecule has 1 unspecified atom stereocenters.